The minimum absolute atomic E-state index is 0.246. The van der Waals surface area contributed by atoms with E-state index in [1.807, 2.05) is 43.3 Å². The average Bonchev–Trinajstić information content (AvgIpc) is 2.72. The number of carboxylic acid groups (broad SMARTS) is 1. The minimum atomic E-state index is -0.950. The fourth-order valence-corrected chi connectivity index (χ4v) is 3.16. The topological polar surface area (TPSA) is 67.8 Å². The molecule has 0 amide bonds. The highest BCUT2D eigenvalue weighted by Crippen LogP contribution is 2.37. The molecular formula is C23H22ClNO4. The van der Waals surface area contributed by atoms with Crippen LogP contribution in [-0.4, -0.2) is 18.2 Å². The van der Waals surface area contributed by atoms with Crippen molar-refractivity contribution in [3.8, 4) is 11.5 Å². The number of benzene rings is 3. The summed E-state index contributed by atoms with van der Waals surface area (Å²) in [4.78, 5) is 10.9. The van der Waals surface area contributed by atoms with Crippen LogP contribution in [-0.2, 0) is 13.2 Å². The molecule has 0 saturated carbocycles. The van der Waals surface area contributed by atoms with Gasteiger partial charge in [0.1, 0.15) is 6.61 Å². The van der Waals surface area contributed by atoms with E-state index < -0.39 is 5.97 Å². The Balaban J connectivity index is 1.70. The number of carboxylic acids is 1. The molecule has 0 aliphatic carbocycles. The Kier molecular flexibility index (Phi) is 6.62. The monoisotopic (exact) mass is 411 g/mol. The van der Waals surface area contributed by atoms with Crippen LogP contribution in [0.5, 0.6) is 11.5 Å². The highest BCUT2D eigenvalue weighted by Gasteiger charge is 2.13. The van der Waals surface area contributed by atoms with Crippen LogP contribution >= 0.6 is 11.6 Å². The van der Waals surface area contributed by atoms with Crippen molar-refractivity contribution >= 4 is 23.3 Å². The fourth-order valence-electron chi connectivity index (χ4n) is 2.87. The SMILES string of the molecule is COc1cc(CNc2ccc(C(=O)O)cc2)cc(Cl)c1OCc1ccccc1C. The van der Waals surface area contributed by atoms with Crippen LogP contribution in [0.4, 0.5) is 5.69 Å². The number of rotatable bonds is 8. The summed E-state index contributed by atoms with van der Waals surface area (Å²) in [6.45, 7) is 2.94. The Morgan fingerprint density at radius 2 is 1.83 bits per heavy atom. The molecule has 150 valence electrons. The zero-order chi connectivity index (χ0) is 20.8. The van der Waals surface area contributed by atoms with Gasteiger partial charge < -0.3 is 19.9 Å². The molecule has 0 atom stereocenters. The predicted octanol–water partition coefficient (Wildman–Crippen LogP) is 5.55. The highest BCUT2D eigenvalue weighted by atomic mass is 35.5. The van der Waals surface area contributed by atoms with Gasteiger partial charge in [-0.05, 0) is 60.0 Å². The van der Waals surface area contributed by atoms with Gasteiger partial charge in [0.2, 0.25) is 0 Å². The van der Waals surface area contributed by atoms with Gasteiger partial charge >= 0.3 is 5.97 Å². The smallest absolute Gasteiger partial charge is 0.335 e. The summed E-state index contributed by atoms with van der Waals surface area (Å²) in [5, 5.41) is 12.7. The molecule has 2 N–H and O–H groups in total. The van der Waals surface area contributed by atoms with Gasteiger partial charge in [-0.2, -0.15) is 0 Å². The first kappa shape index (κ1) is 20.6. The van der Waals surface area contributed by atoms with Crippen LogP contribution in [0.25, 0.3) is 0 Å². The number of halogens is 1. The fraction of sp³-hybridized carbons (Fsp3) is 0.174. The van der Waals surface area contributed by atoms with E-state index >= 15 is 0 Å². The first-order chi connectivity index (χ1) is 14.0. The Hall–Kier alpha value is -3.18. The summed E-state index contributed by atoms with van der Waals surface area (Å²) in [6, 6.07) is 18.3. The molecule has 0 bridgehead atoms. The number of hydrogen-bond acceptors (Lipinski definition) is 4. The molecule has 3 aromatic carbocycles. The lowest BCUT2D eigenvalue weighted by Crippen LogP contribution is -2.03. The van der Waals surface area contributed by atoms with E-state index in [9.17, 15) is 4.79 Å². The van der Waals surface area contributed by atoms with Gasteiger partial charge in [-0.1, -0.05) is 35.9 Å². The predicted molar refractivity (Wildman–Crippen MR) is 114 cm³/mol. The molecule has 29 heavy (non-hydrogen) atoms. The number of ether oxygens (including phenoxy) is 2. The van der Waals surface area contributed by atoms with E-state index in [4.69, 9.17) is 26.2 Å². The summed E-state index contributed by atoms with van der Waals surface area (Å²) in [6.07, 6.45) is 0. The molecule has 3 aromatic rings. The highest BCUT2D eigenvalue weighted by molar-refractivity contribution is 6.32. The van der Waals surface area contributed by atoms with Crippen molar-refractivity contribution < 1.29 is 19.4 Å². The molecule has 0 aromatic heterocycles. The van der Waals surface area contributed by atoms with Crippen LogP contribution in [0.1, 0.15) is 27.0 Å². The number of anilines is 1. The first-order valence-electron chi connectivity index (χ1n) is 9.09. The lowest BCUT2D eigenvalue weighted by Gasteiger charge is -2.15. The number of methoxy groups -OCH3 is 1. The molecule has 0 aliphatic rings. The Labute approximate surface area is 174 Å². The van der Waals surface area contributed by atoms with Crippen molar-refractivity contribution in [1.29, 1.82) is 0 Å². The molecule has 5 nitrogen and oxygen atoms in total. The second-order valence-electron chi connectivity index (χ2n) is 6.56. The van der Waals surface area contributed by atoms with E-state index in [-0.39, 0.29) is 5.56 Å². The standard InChI is InChI=1S/C23H22ClNO4/c1-15-5-3-4-6-18(15)14-29-22-20(24)11-16(12-21(22)28-2)13-25-19-9-7-17(8-10-19)23(26)27/h3-12,25H,13-14H2,1-2H3,(H,26,27). The number of carbonyl (C=O) groups is 1. The maximum atomic E-state index is 10.9. The first-order valence-corrected chi connectivity index (χ1v) is 9.46. The number of aryl methyl sites for hydroxylation is 1. The van der Waals surface area contributed by atoms with Crippen molar-refractivity contribution in [2.75, 3.05) is 12.4 Å². The van der Waals surface area contributed by atoms with Gasteiger partial charge in [0.05, 0.1) is 17.7 Å². The third-order valence-corrected chi connectivity index (χ3v) is 4.83. The molecule has 0 radical (unpaired) electrons. The van der Waals surface area contributed by atoms with Crippen molar-refractivity contribution in [3.05, 3.63) is 87.9 Å². The lowest BCUT2D eigenvalue weighted by atomic mass is 10.1. The van der Waals surface area contributed by atoms with Gasteiger partial charge in [0, 0.05) is 12.2 Å². The number of nitrogens with one attached hydrogen (secondary N) is 1. The Morgan fingerprint density at radius 1 is 1.10 bits per heavy atom. The molecule has 0 spiro atoms. The van der Waals surface area contributed by atoms with Gasteiger partial charge in [0.15, 0.2) is 11.5 Å². The molecule has 6 heteroatoms. The van der Waals surface area contributed by atoms with Crippen molar-refractivity contribution in [2.45, 2.75) is 20.1 Å². The molecule has 0 heterocycles. The molecule has 3 rings (SSSR count). The Morgan fingerprint density at radius 3 is 2.48 bits per heavy atom. The maximum Gasteiger partial charge on any atom is 0.335 e. The van der Waals surface area contributed by atoms with Crippen LogP contribution in [0.2, 0.25) is 5.02 Å². The number of aromatic carboxylic acids is 1. The average molecular weight is 412 g/mol. The zero-order valence-electron chi connectivity index (χ0n) is 16.2. The molecule has 0 saturated heterocycles. The van der Waals surface area contributed by atoms with Crippen LogP contribution in [0, 0.1) is 6.92 Å². The molecule has 0 fully saturated rings. The van der Waals surface area contributed by atoms with E-state index in [0.29, 0.717) is 29.7 Å². The van der Waals surface area contributed by atoms with Gasteiger partial charge in [0.25, 0.3) is 0 Å². The quantitative estimate of drug-likeness (QED) is 0.509. The molecule has 0 unspecified atom stereocenters. The van der Waals surface area contributed by atoms with E-state index in [1.54, 1.807) is 31.4 Å². The summed E-state index contributed by atoms with van der Waals surface area (Å²) in [5.74, 6) is 0.116. The third kappa shape index (κ3) is 5.21. The van der Waals surface area contributed by atoms with Gasteiger partial charge in [-0.15, -0.1) is 0 Å². The van der Waals surface area contributed by atoms with Gasteiger partial charge in [-0.25, -0.2) is 4.79 Å². The second kappa shape index (κ2) is 9.34. The molecule has 0 aliphatic heterocycles. The second-order valence-corrected chi connectivity index (χ2v) is 6.97. The van der Waals surface area contributed by atoms with E-state index in [0.717, 1.165) is 22.4 Å². The van der Waals surface area contributed by atoms with Crippen LogP contribution < -0.4 is 14.8 Å². The summed E-state index contributed by atoms with van der Waals surface area (Å²) in [7, 11) is 1.58. The lowest BCUT2D eigenvalue weighted by molar-refractivity contribution is 0.0697. The van der Waals surface area contributed by atoms with E-state index in [1.165, 1.54) is 0 Å². The third-order valence-electron chi connectivity index (χ3n) is 4.55. The van der Waals surface area contributed by atoms with Crippen molar-refractivity contribution in [1.82, 2.24) is 0 Å². The minimum Gasteiger partial charge on any atom is -0.493 e. The van der Waals surface area contributed by atoms with Gasteiger partial charge in [-0.3, -0.25) is 0 Å². The number of hydrogen-bond donors (Lipinski definition) is 2. The Bertz CT molecular complexity index is 1000. The van der Waals surface area contributed by atoms with Crippen LogP contribution in [0.15, 0.2) is 60.7 Å². The zero-order valence-corrected chi connectivity index (χ0v) is 17.0. The summed E-state index contributed by atoms with van der Waals surface area (Å²) in [5.41, 5.74) is 4.20. The summed E-state index contributed by atoms with van der Waals surface area (Å²) >= 11 is 6.46. The van der Waals surface area contributed by atoms with E-state index in [2.05, 4.69) is 5.32 Å². The molecular weight excluding hydrogens is 390 g/mol. The summed E-state index contributed by atoms with van der Waals surface area (Å²) < 4.78 is 11.4. The van der Waals surface area contributed by atoms with Crippen molar-refractivity contribution in [2.24, 2.45) is 0 Å². The maximum absolute atomic E-state index is 10.9. The normalized spacial score (nSPS) is 10.4. The van der Waals surface area contributed by atoms with Crippen molar-refractivity contribution in [3.63, 3.8) is 0 Å². The van der Waals surface area contributed by atoms with Crippen LogP contribution in [0.3, 0.4) is 0 Å². The largest absolute Gasteiger partial charge is 0.493 e.